The highest BCUT2D eigenvalue weighted by molar-refractivity contribution is 5.15. The fraction of sp³-hybridized carbons (Fsp3) is 0.214. The first kappa shape index (κ1) is 10.8. The Kier molecular flexibility index (Phi) is 6.39. The van der Waals surface area contributed by atoms with Crippen molar-refractivity contribution < 1.29 is 0 Å². The molecule has 0 amide bonds. The van der Waals surface area contributed by atoms with Gasteiger partial charge in [0.05, 0.1) is 0 Å². The van der Waals surface area contributed by atoms with Gasteiger partial charge in [-0.05, 0) is 19.3 Å². The molecule has 0 unspecified atom stereocenters. The molecule has 1 aliphatic rings. The summed E-state index contributed by atoms with van der Waals surface area (Å²) in [6.45, 7) is 0. The summed E-state index contributed by atoms with van der Waals surface area (Å²) in [4.78, 5) is 0. The number of rotatable bonds is 0. The summed E-state index contributed by atoms with van der Waals surface area (Å²) in [5.41, 5.74) is 0. The SMILES string of the molecule is [CH]1/C=C/C=C\C/C=C\C/C=C\C/C=C/1. The van der Waals surface area contributed by atoms with Gasteiger partial charge >= 0.3 is 0 Å². The Morgan fingerprint density at radius 1 is 0.429 bits per heavy atom. The topological polar surface area (TPSA) is 0 Å². The lowest BCUT2D eigenvalue weighted by Gasteiger charge is -1.86. The first-order valence-corrected chi connectivity index (χ1v) is 5.12. The molecule has 0 heterocycles. The second kappa shape index (κ2) is 8.31. The predicted octanol–water partition coefficient (Wildman–Crippen LogP) is 4.16. The molecule has 0 nitrogen and oxygen atoms in total. The molecule has 73 valence electrons. The van der Waals surface area contributed by atoms with Crippen LogP contribution in [0.5, 0.6) is 0 Å². The quantitative estimate of drug-likeness (QED) is 0.497. The van der Waals surface area contributed by atoms with Gasteiger partial charge in [0, 0.05) is 6.42 Å². The standard InChI is InChI=1S/C14H17/c1-2-4-6-8-10-12-14-13-11-9-7-5-3-1/h1-7,10-13H,8-9,14H2/b2-1+,6-4-,7-5+,12-10-,13-11-. The average molecular weight is 185 g/mol. The van der Waals surface area contributed by atoms with E-state index in [4.69, 9.17) is 0 Å². The first-order chi connectivity index (χ1) is 7.00. The van der Waals surface area contributed by atoms with Crippen LogP contribution in [0.3, 0.4) is 0 Å². The van der Waals surface area contributed by atoms with Gasteiger partial charge < -0.3 is 0 Å². The van der Waals surface area contributed by atoms with Crippen LogP contribution in [0.25, 0.3) is 0 Å². The largest absolute Gasteiger partial charge is 0.0844 e. The zero-order valence-electron chi connectivity index (χ0n) is 8.47. The van der Waals surface area contributed by atoms with Crippen molar-refractivity contribution in [3.63, 3.8) is 0 Å². The second-order valence-corrected chi connectivity index (χ2v) is 3.08. The number of hydrogen-bond donors (Lipinski definition) is 0. The minimum Gasteiger partial charge on any atom is -0.0844 e. The lowest BCUT2D eigenvalue weighted by molar-refractivity contribution is 1.28. The Morgan fingerprint density at radius 3 is 1.71 bits per heavy atom. The minimum atomic E-state index is 1.02. The van der Waals surface area contributed by atoms with E-state index in [2.05, 4.69) is 61.1 Å². The zero-order chi connectivity index (χ0) is 9.90. The van der Waals surface area contributed by atoms with Crippen molar-refractivity contribution in [1.82, 2.24) is 0 Å². The third-order valence-electron chi connectivity index (χ3n) is 1.87. The Labute approximate surface area is 87.0 Å². The summed E-state index contributed by atoms with van der Waals surface area (Å²) in [7, 11) is 0. The van der Waals surface area contributed by atoms with Gasteiger partial charge in [-0.3, -0.25) is 0 Å². The van der Waals surface area contributed by atoms with E-state index in [1.54, 1.807) is 0 Å². The van der Waals surface area contributed by atoms with Crippen LogP contribution >= 0.6 is 0 Å². The maximum absolute atomic E-state index is 2.20. The Morgan fingerprint density at radius 2 is 1.00 bits per heavy atom. The van der Waals surface area contributed by atoms with E-state index in [-0.39, 0.29) is 0 Å². The molecule has 0 N–H and O–H groups in total. The fourth-order valence-corrected chi connectivity index (χ4v) is 1.13. The highest BCUT2D eigenvalue weighted by Crippen LogP contribution is 1.96. The van der Waals surface area contributed by atoms with Gasteiger partial charge in [-0.25, -0.2) is 0 Å². The molecule has 1 aliphatic carbocycles. The van der Waals surface area contributed by atoms with Crippen LogP contribution in [-0.4, -0.2) is 0 Å². The van der Waals surface area contributed by atoms with Gasteiger partial charge in [-0.1, -0.05) is 60.8 Å². The maximum Gasteiger partial charge on any atom is 0.00474 e. The summed E-state index contributed by atoms with van der Waals surface area (Å²) < 4.78 is 0. The van der Waals surface area contributed by atoms with Crippen molar-refractivity contribution in [2.75, 3.05) is 0 Å². The van der Waals surface area contributed by atoms with E-state index in [1.807, 2.05) is 6.08 Å². The summed E-state index contributed by atoms with van der Waals surface area (Å²) >= 11 is 0. The molecule has 0 aliphatic heterocycles. The smallest absolute Gasteiger partial charge is 0.00474 e. The van der Waals surface area contributed by atoms with E-state index in [0.717, 1.165) is 19.3 Å². The van der Waals surface area contributed by atoms with Crippen LogP contribution in [0.15, 0.2) is 60.8 Å². The Bertz CT molecular complexity index is 234. The summed E-state index contributed by atoms with van der Waals surface area (Å²) in [6.07, 6.45) is 26.5. The molecule has 0 fully saturated rings. The predicted molar refractivity (Wildman–Crippen MR) is 63.9 cm³/mol. The van der Waals surface area contributed by atoms with Crippen LogP contribution in [0, 0.1) is 6.42 Å². The lowest BCUT2D eigenvalue weighted by Crippen LogP contribution is -1.65. The molecule has 0 spiro atoms. The van der Waals surface area contributed by atoms with Crippen LogP contribution < -0.4 is 0 Å². The molecule has 0 aromatic rings. The summed E-state index contributed by atoms with van der Waals surface area (Å²) in [5.74, 6) is 0. The van der Waals surface area contributed by atoms with Gasteiger partial charge in [0.2, 0.25) is 0 Å². The van der Waals surface area contributed by atoms with E-state index < -0.39 is 0 Å². The van der Waals surface area contributed by atoms with Crippen LogP contribution in [-0.2, 0) is 0 Å². The van der Waals surface area contributed by atoms with E-state index in [9.17, 15) is 0 Å². The molecule has 0 aromatic carbocycles. The van der Waals surface area contributed by atoms with Crippen LogP contribution in [0.2, 0.25) is 0 Å². The van der Waals surface area contributed by atoms with E-state index in [1.165, 1.54) is 0 Å². The van der Waals surface area contributed by atoms with E-state index in [0.29, 0.717) is 0 Å². The number of allylic oxidation sites excluding steroid dienone is 10. The highest BCUT2D eigenvalue weighted by Gasteiger charge is 1.75. The average Bonchev–Trinajstić information content (AvgIpc) is 2.22. The molecule has 0 heteroatoms. The van der Waals surface area contributed by atoms with Crippen molar-refractivity contribution in [3.8, 4) is 0 Å². The van der Waals surface area contributed by atoms with Crippen molar-refractivity contribution in [2.24, 2.45) is 0 Å². The van der Waals surface area contributed by atoms with E-state index >= 15 is 0 Å². The molecular formula is C14H17. The second-order valence-electron chi connectivity index (χ2n) is 3.08. The van der Waals surface area contributed by atoms with Crippen molar-refractivity contribution in [1.29, 1.82) is 0 Å². The molecular weight excluding hydrogens is 168 g/mol. The molecule has 0 saturated carbocycles. The van der Waals surface area contributed by atoms with Crippen molar-refractivity contribution >= 4 is 0 Å². The third kappa shape index (κ3) is 6.24. The zero-order valence-corrected chi connectivity index (χ0v) is 8.47. The minimum absolute atomic E-state index is 1.02. The lowest BCUT2D eigenvalue weighted by atomic mass is 10.2. The first-order valence-electron chi connectivity index (χ1n) is 5.12. The summed E-state index contributed by atoms with van der Waals surface area (Å²) in [5, 5.41) is 0. The number of hydrogen-bond acceptors (Lipinski definition) is 0. The molecule has 0 saturated heterocycles. The fourth-order valence-electron chi connectivity index (χ4n) is 1.13. The normalized spacial score (nSPS) is 29.7. The maximum atomic E-state index is 2.20. The van der Waals surface area contributed by atoms with Gasteiger partial charge in [-0.15, -0.1) is 0 Å². The van der Waals surface area contributed by atoms with Gasteiger partial charge in [-0.2, -0.15) is 0 Å². The molecule has 14 heavy (non-hydrogen) atoms. The molecule has 1 radical (unpaired) electrons. The van der Waals surface area contributed by atoms with Crippen molar-refractivity contribution in [2.45, 2.75) is 19.3 Å². The van der Waals surface area contributed by atoms with Gasteiger partial charge in [0.1, 0.15) is 0 Å². The molecule has 0 atom stereocenters. The Balaban J connectivity index is 2.45. The Hall–Kier alpha value is -1.30. The monoisotopic (exact) mass is 185 g/mol. The third-order valence-corrected chi connectivity index (χ3v) is 1.87. The highest BCUT2D eigenvalue weighted by atomic mass is 13.8. The summed E-state index contributed by atoms with van der Waals surface area (Å²) in [6, 6.07) is 0. The van der Waals surface area contributed by atoms with Gasteiger partial charge in [0.25, 0.3) is 0 Å². The van der Waals surface area contributed by atoms with Crippen LogP contribution in [0.4, 0.5) is 0 Å². The molecule has 1 rings (SSSR count). The van der Waals surface area contributed by atoms with Gasteiger partial charge in [0.15, 0.2) is 0 Å². The van der Waals surface area contributed by atoms with Crippen LogP contribution in [0.1, 0.15) is 19.3 Å². The van der Waals surface area contributed by atoms with Crippen molar-refractivity contribution in [3.05, 3.63) is 67.2 Å². The molecule has 0 aromatic heterocycles. The molecule has 0 bridgehead atoms.